The Balaban J connectivity index is 1.46. The molecule has 28 heavy (non-hydrogen) atoms. The van der Waals surface area contributed by atoms with E-state index in [1.165, 1.54) is 0 Å². The fourth-order valence-corrected chi connectivity index (χ4v) is 3.81. The molecule has 0 saturated carbocycles. The number of aromatic amines is 1. The van der Waals surface area contributed by atoms with Crippen LogP contribution in [0.5, 0.6) is 0 Å². The van der Waals surface area contributed by atoms with Gasteiger partial charge in [-0.3, -0.25) is 14.8 Å². The van der Waals surface area contributed by atoms with Crippen LogP contribution in [-0.4, -0.2) is 38.6 Å². The molecule has 0 radical (unpaired) electrons. The van der Waals surface area contributed by atoms with Crippen LogP contribution in [0, 0.1) is 6.92 Å². The van der Waals surface area contributed by atoms with Gasteiger partial charge in [0.1, 0.15) is 5.82 Å². The number of carbonyl (C=O) groups excluding carboxylic acids is 1. The van der Waals surface area contributed by atoms with Crippen LogP contribution >= 0.6 is 11.6 Å². The summed E-state index contributed by atoms with van der Waals surface area (Å²) in [5.41, 5.74) is 2.81. The van der Waals surface area contributed by atoms with E-state index in [1.54, 1.807) is 0 Å². The van der Waals surface area contributed by atoms with Crippen molar-refractivity contribution < 1.29 is 4.79 Å². The highest BCUT2D eigenvalue weighted by Crippen LogP contribution is 2.26. The number of aromatic nitrogens is 3. The number of halogens is 1. The molecule has 1 saturated heterocycles. The number of nitrogens with one attached hydrogen (secondary N) is 2. The Hall–Kier alpha value is -2.70. The predicted molar refractivity (Wildman–Crippen MR) is 110 cm³/mol. The van der Waals surface area contributed by atoms with E-state index in [4.69, 9.17) is 11.6 Å². The molecule has 2 heterocycles. The molecule has 1 aliphatic rings. The number of likely N-dealkylation sites (tertiary alicyclic amines) is 1. The Labute approximate surface area is 168 Å². The number of amides is 1. The number of H-pyrrole nitrogens is 1. The van der Waals surface area contributed by atoms with Crippen LogP contribution in [0.4, 0.5) is 5.69 Å². The highest BCUT2D eigenvalue weighted by molar-refractivity contribution is 6.30. The molecule has 0 unspecified atom stereocenters. The predicted octanol–water partition coefficient (Wildman–Crippen LogP) is 4.04. The minimum absolute atomic E-state index is 0.00741. The van der Waals surface area contributed by atoms with E-state index in [0.29, 0.717) is 11.6 Å². The van der Waals surface area contributed by atoms with Crippen LogP contribution in [0.15, 0.2) is 48.5 Å². The average molecular weight is 396 g/mol. The number of hydrogen-bond donors (Lipinski definition) is 2. The summed E-state index contributed by atoms with van der Waals surface area (Å²) < 4.78 is 0. The minimum atomic E-state index is -0.173. The third kappa shape index (κ3) is 4.24. The summed E-state index contributed by atoms with van der Waals surface area (Å²) in [6.45, 7) is 3.32. The number of benzene rings is 2. The van der Waals surface area contributed by atoms with Crippen molar-refractivity contribution in [1.29, 1.82) is 0 Å². The van der Waals surface area contributed by atoms with Crippen molar-refractivity contribution in [3.05, 3.63) is 65.2 Å². The molecule has 6 nitrogen and oxygen atoms in total. The molecule has 0 bridgehead atoms. The van der Waals surface area contributed by atoms with E-state index in [2.05, 4.69) is 25.4 Å². The molecule has 2 aromatic carbocycles. The van der Waals surface area contributed by atoms with E-state index >= 15 is 0 Å². The van der Waals surface area contributed by atoms with Crippen molar-refractivity contribution in [2.75, 3.05) is 11.9 Å². The monoisotopic (exact) mass is 395 g/mol. The van der Waals surface area contributed by atoms with Gasteiger partial charge in [0.2, 0.25) is 5.91 Å². The average Bonchev–Trinajstić information content (AvgIpc) is 3.31. The normalized spacial score (nSPS) is 17.0. The lowest BCUT2D eigenvalue weighted by molar-refractivity contribution is -0.120. The van der Waals surface area contributed by atoms with E-state index < -0.39 is 0 Å². The van der Waals surface area contributed by atoms with Crippen LogP contribution < -0.4 is 5.32 Å². The Morgan fingerprint density at radius 1 is 1.25 bits per heavy atom. The Morgan fingerprint density at radius 2 is 2.04 bits per heavy atom. The first-order valence-electron chi connectivity index (χ1n) is 9.37. The topological polar surface area (TPSA) is 73.9 Å². The number of anilines is 1. The molecule has 4 rings (SSSR count). The summed E-state index contributed by atoms with van der Waals surface area (Å²) in [5.74, 6) is 1.51. The first-order valence-corrected chi connectivity index (χ1v) is 9.75. The zero-order chi connectivity index (χ0) is 19.5. The van der Waals surface area contributed by atoms with Crippen molar-refractivity contribution in [2.24, 2.45) is 0 Å². The maximum atomic E-state index is 12.9. The fraction of sp³-hybridized carbons (Fsp3) is 0.286. The second kappa shape index (κ2) is 8.12. The third-order valence-electron chi connectivity index (χ3n) is 4.94. The first-order chi connectivity index (χ1) is 13.6. The highest BCUT2D eigenvalue weighted by atomic mass is 35.5. The van der Waals surface area contributed by atoms with Crippen LogP contribution in [0.25, 0.3) is 11.1 Å². The lowest BCUT2D eigenvalue weighted by atomic mass is 10.1. The van der Waals surface area contributed by atoms with Gasteiger partial charge in [-0.2, -0.15) is 5.10 Å². The van der Waals surface area contributed by atoms with Crippen LogP contribution in [0.3, 0.4) is 0 Å². The molecule has 1 aliphatic heterocycles. The molecule has 1 fully saturated rings. The Kier molecular flexibility index (Phi) is 5.41. The van der Waals surface area contributed by atoms with Crippen molar-refractivity contribution in [3.63, 3.8) is 0 Å². The number of aryl methyl sites for hydroxylation is 1. The van der Waals surface area contributed by atoms with Crippen molar-refractivity contribution in [1.82, 2.24) is 20.1 Å². The highest BCUT2D eigenvalue weighted by Gasteiger charge is 2.31. The van der Waals surface area contributed by atoms with Gasteiger partial charge in [0, 0.05) is 10.7 Å². The van der Waals surface area contributed by atoms with Gasteiger partial charge < -0.3 is 5.32 Å². The molecular weight excluding hydrogens is 374 g/mol. The Bertz CT molecular complexity index is 986. The van der Waals surface area contributed by atoms with Gasteiger partial charge in [0.25, 0.3) is 0 Å². The molecule has 0 aliphatic carbocycles. The summed E-state index contributed by atoms with van der Waals surface area (Å²) in [7, 11) is 0. The Morgan fingerprint density at radius 3 is 2.79 bits per heavy atom. The summed E-state index contributed by atoms with van der Waals surface area (Å²) in [4.78, 5) is 19.4. The molecule has 7 heteroatoms. The standard InChI is InChI=1S/C21H22ClN5O/c1-14-23-20(26-25-14)13-27-10-4-9-19(27)21(28)24-18-8-3-6-16(12-18)15-5-2-7-17(22)11-15/h2-3,5-8,11-12,19H,4,9-10,13H2,1H3,(H,24,28)(H,23,25,26)/t19-/m0/s1. The fourth-order valence-electron chi connectivity index (χ4n) is 3.62. The van der Waals surface area contributed by atoms with Crippen molar-refractivity contribution in [2.45, 2.75) is 32.4 Å². The molecule has 2 N–H and O–H groups in total. The molecule has 3 aromatic rings. The zero-order valence-corrected chi connectivity index (χ0v) is 16.4. The van der Waals surface area contributed by atoms with E-state index in [9.17, 15) is 4.79 Å². The smallest absolute Gasteiger partial charge is 0.241 e. The molecule has 1 amide bonds. The largest absolute Gasteiger partial charge is 0.325 e. The number of hydrogen-bond acceptors (Lipinski definition) is 4. The minimum Gasteiger partial charge on any atom is -0.325 e. The molecule has 0 spiro atoms. The van der Waals surface area contributed by atoms with Crippen LogP contribution in [-0.2, 0) is 11.3 Å². The molecule has 144 valence electrons. The number of rotatable bonds is 5. The second-order valence-corrected chi connectivity index (χ2v) is 7.48. The van der Waals surface area contributed by atoms with E-state index in [1.807, 2.05) is 55.5 Å². The second-order valence-electron chi connectivity index (χ2n) is 7.05. The summed E-state index contributed by atoms with van der Waals surface area (Å²) in [5, 5.41) is 10.8. The van der Waals surface area contributed by atoms with E-state index in [0.717, 1.165) is 47.8 Å². The lowest BCUT2D eigenvalue weighted by Gasteiger charge is -2.22. The summed E-state index contributed by atoms with van der Waals surface area (Å²) >= 11 is 6.10. The van der Waals surface area contributed by atoms with Gasteiger partial charge in [0.05, 0.1) is 12.6 Å². The molecule has 1 aromatic heterocycles. The maximum Gasteiger partial charge on any atom is 0.241 e. The van der Waals surface area contributed by atoms with Crippen LogP contribution in [0.1, 0.15) is 24.5 Å². The summed E-state index contributed by atoms with van der Waals surface area (Å²) in [6.07, 6.45) is 1.83. The lowest BCUT2D eigenvalue weighted by Crippen LogP contribution is -2.39. The van der Waals surface area contributed by atoms with Crippen LogP contribution in [0.2, 0.25) is 5.02 Å². The van der Waals surface area contributed by atoms with Crippen molar-refractivity contribution in [3.8, 4) is 11.1 Å². The quantitative estimate of drug-likeness (QED) is 0.683. The third-order valence-corrected chi connectivity index (χ3v) is 5.18. The summed E-state index contributed by atoms with van der Waals surface area (Å²) in [6, 6.07) is 15.3. The van der Waals surface area contributed by atoms with Gasteiger partial charge in [-0.05, 0) is 61.7 Å². The van der Waals surface area contributed by atoms with Gasteiger partial charge in [0.15, 0.2) is 5.82 Å². The van der Waals surface area contributed by atoms with Gasteiger partial charge in [-0.1, -0.05) is 35.9 Å². The van der Waals surface area contributed by atoms with Gasteiger partial charge in [-0.25, -0.2) is 4.98 Å². The first kappa shape index (κ1) is 18.7. The number of nitrogens with zero attached hydrogens (tertiary/aromatic N) is 3. The van der Waals surface area contributed by atoms with E-state index in [-0.39, 0.29) is 11.9 Å². The molecule has 1 atom stereocenters. The van der Waals surface area contributed by atoms with Gasteiger partial charge >= 0.3 is 0 Å². The van der Waals surface area contributed by atoms with Gasteiger partial charge in [-0.15, -0.1) is 0 Å². The maximum absolute atomic E-state index is 12.9. The zero-order valence-electron chi connectivity index (χ0n) is 15.7. The number of carbonyl (C=O) groups is 1. The SMILES string of the molecule is Cc1nc(CN2CCC[C@H]2C(=O)Nc2cccc(-c3cccc(Cl)c3)c2)n[nH]1. The van der Waals surface area contributed by atoms with Crippen molar-refractivity contribution >= 4 is 23.2 Å². The molecular formula is C21H22ClN5O.